The van der Waals surface area contributed by atoms with E-state index in [1.54, 1.807) is 0 Å². The van der Waals surface area contributed by atoms with E-state index in [1.807, 2.05) is 18.2 Å². The van der Waals surface area contributed by atoms with Gasteiger partial charge in [0.2, 0.25) is 0 Å². The molecule has 2 rings (SSSR count). The molecule has 0 saturated heterocycles. The Morgan fingerprint density at radius 1 is 1.36 bits per heavy atom. The molecule has 1 aromatic rings. The standard InChI is InChI=1S/C11H16N2O/c12-7-8-4-5-11(10(13)6-8)14-9-2-1-3-9/h4-6,9H,1-3,7,12-13H2. The number of rotatable bonds is 3. The summed E-state index contributed by atoms with van der Waals surface area (Å²) in [6, 6.07) is 5.76. The zero-order chi connectivity index (χ0) is 9.97. The van der Waals surface area contributed by atoms with Crippen LogP contribution in [-0.2, 0) is 6.54 Å². The summed E-state index contributed by atoms with van der Waals surface area (Å²) < 4.78 is 5.71. The van der Waals surface area contributed by atoms with Crippen molar-refractivity contribution in [2.75, 3.05) is 5.73 Å². The van der Waals surface area contributed by atoms with Gasteiger partial charge in [-0.15, -0.1) is 0 Å². The molecule has 1 saturated carbocycles. The second kappa shape index (κ2) is 3.88. The van der Waals surface area contributed by atoms with Crippen LogP contribution in [0.25, 0.3) is 0 Å². The first kappa shape index (κ1) is 9.34. The van der Waals surface area contributed by atoms with Crippen molar-refractivity contribution < 1.29 is 4.74 Å². The van der Waals surface area contributed by atoms with E-state index in [-0.39, 0.29) is 0 Å². The molecule has 0 aliphatic heterocycles. The summed E-state index contributed by atoms with van der Waals surface area (Å²) in [4.78, 5) is 0. The minimum Gasteiger partial charge on any atom is -0.488 e. The number of ether oxygens (including phenoxy) is 1. The van der Waals surface area contributed by atoms with Crippen molar-refractivity contribution in [3.63, 3.8) is 0 Å². The maximum absolute atomic E-state index is 5.84. The van der Waals surface area contributed by atoms with Gasteiger partial charge in [0.15, 0.2) is 0 Å². The summed E-state index contributed by atoms with van der Waals surface area (Å²) in [7, 11) is 0. The lowest BCUT2D eigenvalue weighted by atomic mass is 9.96. The molecule has 0 unspecified atom stereocenters. The van der Waals surface area contributed by atoms with Crippen LogP contribution in [-0.4, -0.2) is 6.10 Å². The molecular weight excluding hydrogens is 176 g/mol. The van der Waals surface area contributed by atoms with Crippen molar-refractivity contribution in [1.82, 2.24) is 0 Å². The van der Waals surface area contributed by atoms with E-state index in [0.29, 0.717) is 18.3 Å². The molecule has 3 nitrogen and oxygen atoms in total. The highest BCUT2D eigenvalue weighted by molar-refractivity contribution is 5.54. The molecule has 0 amide bonds. The monoisotopic (exact) mass is 192 g/mol. The Bertz CT molecular complexity index is 321. The van der Waals surface area contributed by atoms with Crippen LogP contribution in [0.3, 0.4) is 0 Å². The molecule has 0 heterocycles. The van der Waals surface area contributed by atoms with Gasteiger partial charge in [0.1, 0.15) is 5.75 Å². The van der Waals surface area contributed by atoms with Crippen LogP contribution in [0.4, 0.5) is 5.69 Å². The molecule has 1 aliphatic carbocycles. The average molecular weight is 192 g/mol. The fourth-order valence-electron chi connectivity index (χ4n) is 1.50. The second-order valence-electron chi connectivity index (χ2n) is 3.75. The van der Waals surface area contributed by atoms with Crippen molar-refractivity contribution in [3.8, 4) is 5.75 Å². The largest absolute Gasteiger partial charge is 0.488 e. The lowest BCUT2D eigenvalue weighted by Gasteiger charge is -2.27. The average Bonchev–Trinajstić information content (AvgIpc) is 2.13. The Morgan fingerprint density at radius 3 is 2.64 bits per heavy atom. The van der Waals surface area contributed by atoms with Gasteiger partial charge in [-0.05, 0) is 37.0 Å². The van der Waals surface area contributed by atoms with E-state index in [1.165, 1.54) is 6.42 Å². The van der Waals surface area contributed by atoms with Gasteiger partial charge >= 0.3 is 0 Å². The molecule has 0 atom stereocenters. The van der Waals surface area contributed by atoms with Gasteiger partial charge in [-0.3, -0.25) is 0 Å². The zero-order valence-electron chi connectivity index (χ0n) is 8.20. The number of anilines is 1. The summed E-state index contributed by atoms with van der Waals surface area (Å²) in [5, 5.41) is 0. The number of hydrogen-bond acceptors (Lipinski definition) is 3. The first-order valence-corrected chi connectivity index (χ1v) is 5.04. The fraction of sp³-hybridized carbons (Fsp3) is 0.455. The summed E-state index contributed by atoms with van der Waals surface area (Å²) in [5.41, 5.74) is 13.1. The second-order valence-corrected chi connectivity index (χ2v) is 3.75. The molecule has 0 aromatic heterocycles. The molecule has 4 N–H and O–H groups in total. The van der Waals surface area contributed by atoms with Crippen LogP contribution in [0, 0.1) is 0 Å². The van der Waals surface area contributed by atoms with Crippen LogP contribution >= 0.6 is 0 Å². The van der Waals surface area contributed by atoms with Gasteiger partial charge < -0.3 is 16.2 Å². The third-order valence-electron chi connectivity index (χ3n) is 2.66. The van der Waals surface area contributed by atoms with Crippen LogP contribution in [0.1, 0.15) is 24.8 Å². The van der Waals surface area contributed by atoms with Gasteiger partial charge in [-0.1, -0.05) is 6.07 Å². The van der Waals surface area contributed by atoms with Crippen molar-refractivity contribution >= 4 is 5.69 Å². The SMILES string of the molecule is NCc1ccc(OC2CCC2)c(N)c1. The number of benzene rings is 1. The molecule has 1 aromatic carbocycles. The first-order chi connectivity index (χ1) is 6.79. The molecule has 3 heteroatoms. The Balaban J connectivity index is 2.09. The summed E-state index contributed by atoms with van der Waals surface area (Å²) in [5.74, 6) is 0.798. The highest BCUT2D eigenvalue weighted by atomic mass is 16.5. The molecule has 0 bridgehead atoms. The number of nitrogen functional groups attached to an aromatic ring is 1. The minimum absolute atomic E-state index is 0.376. The van der Waals surface area contributed by atoms with Crippen LogP contribution in [0.5, 0.6) is 5.75 Å². The maximum atomic E-state index is 5.84. The van der Waals surface area contributed by atoms with E-state index in [2.05, 4.69) is 0 Å². The first-order valence-electron chi connectivity index (χ1n) is 5.04. The van der Waals surface area contributed by atoms with Gasteiger partial charge in [0, 0.05) is 6.54 Å². The molecule has 76 valence electrons. The van der Waals surface area contributed by atoms with E-state index < -0.39 is 0 Å². The maximum Gasteiger partial charge on any atom is 0.142 e. The molecule has 14 heavy (non-hydrogen) atoms. The Hall–Kier alpha value is -1.22. The minimum atomic E-state index is 0.376. The van der Waals surface area contributed by atoms with Gasteiger partial charge in [0.25, 0.3) is 0 Å². The topological polar surface area (TPSA) is 61.3 Å². The third kappa shape index (κ3) is 1.82. The number of hydrogen-bond donors (Lipinski definition) is 2. The Morgan fingerprint density at radius 2 is 2.14 bits per heavy atom. The van der Waals surface area contributed by atoms with Crippen molar-refractivity contribution in [2.45, 2.75) is 31.9 Å². The van der Waals surface area contributed by atoms with E-state index >= 15 is 0 Å². The van der Waals surface area contributed by atoms with Crippen molar-refractivity contribution in [1.29, 1.82) is 0 Å². The predicted octanol–water partition coefficient (Wildman–Crippen LogP) is 1.66. The molecule has 1 fully saturated rings. The van der Waals surface area contributed by atoms with Gasteiger partial charge in [0.05, 0.1) is 11.8 Å². The lowest BCUT2D eigenvalue weighted by Crippen LogP contribution is -2.24. The molecule has 0 radical (unpaired) electrons. The van der Waals surface area contributed by atoms with Crippen molar-refractivity contribution in [2.24, 2.45) is 5.73 Å². The summed E-state index contributed by atoms with van der Waals surface area (Å²) in [6.45, 7) is 0.522. The van der Waals surface area contributed by atoms with Crippen molar-refractivity contribution in [3.05, 3.63) is 23.8 Å². The van der Waals surface area contributed by atoms with E-state index in [9.17, 15) is 0 Å². The van der Waals surface area contributed by atoms with E-state index in [4.69, 9.17) is 16.2 Å². The fourth-order valence-corrected chi connectivity index (χ4v) is 1.50. The van der Waals surface area contributed by atoms with Crippen LogP contribution in [0.15, 0.2) is 18.2 Å². The lowest BCUT2D eigenvalue weighted by molar-refractivity contribution is 0.121. The van der Waals surface area contributed by atoms with Gasteiger partial charge in [-0.25, -0.2) is 0 Å². The Kier molecular flexibility index (Phi) is 2.59. The quantitative estimate of drug-likeness (QED) is 0.716. The normalized spacial score (nSPS) is 16.4. The molecule has 0 spiro atoms. The molecular formula is C11H16N2O. The summed E-state index contributed by atoms with van der Waals surface area (Å²) in [6.07, 6.45) is 3.95. The zero-order valence-corrected chi connectivity index (χ0v) is 8.20. The van der Waals surface area contributed by atoms with Crippen LogP contribution < -0.4 is 16.2 Å². The molecule has 1 aliphatic rings. The van der Waals surface area contributed by atoms with E-state index in [0.717, 1.165) is 24.2 Å². The van der Waals surface area contributed by atoms with Gasteiger partial charge in [-0.2, -0.15) is 0 Å². The number of nitrogens with two attached hydrogens (primary N) is 2. The predicted molar refractivity (Wildman–Crippen MR) is 57.0 cm³/mol. The Labute approximate surface area is 84.0 Å². The highest BCUT2D eigenvalue weighted by Crippen LogP contribution is 2.29. The van der Waals surface area contributed by atoms with Crippen LogP contribution in [0.2, 0.25) is 0 Å². The third-order valence-corrected chi connectivity index (χ3v) is 2.66. The summed E-state index contributed by atoms with van der Waals surface area (Å²) >= 11 is 0. The highest BCUT2D eigenvalue weighted by Gasteiger charge is 2.19. The smallest absolute Gasteiger partial charge is 0.142 e.